The van der Waals surface area contributed by atoms with E-state index in [4.69, 9.17) is 2.74 Å². The minimum absolute atomic E-state index is 0. The fourth-order valence-corrected chi connectivity index (χ4v) is 1.00. The Bertz CT molecular complexity index is 562. The van der Waals surface area contributed by atoms with Crippen LogP contribution in [0.15, 0.2) is 30.5 Å². The standard InChI is InChI=1S/C9H6N2O2.Li/c12-9(13)6-1-2-7-8(5-6)11-4-3-10-7;/h1-5H,(H,12,13);/q;+1/p-1/i3D,4D;. The summed E-state index contributed by atoms with van der Waals surface area (Å²) in [6.07, 6.45) is -0.512. The summed E-state index contributed by atoms with van der Waals surface area (Å²) in [5, 5.41) is 10.6. The van der Waals surface area contributed by atoms with Gasteiger partial charge in [0.25, 0.3) is 0 Å². The molecule has 2 rings (SSSR count). The van der Waals surface area contributed by atoms with Gasteiger partial charge in [-0.2, -0.15) is 0 Å². The van der Waals surface area contributed by atoms with Crippen LogP contribution >= 0.6 is 0 Å². The number of aromatic carboxylic acids is 1. The Balaban J connectivity index is 0.00000128. The van der Waals surface area contributed by atoms with Crippen molar-refractivity contribution in [3.05, 3.63) is 36.1 Å². The molecule has 5 heteroatoms. The number of carbonyl (C=O) groups excluding carboxylic acids is 1. The van der Waals surface area contributed by atoms with E-state index in [1.807, 2.05) is 0 Å². The van der Waals surface area contributed by atoms with Crippen molar-refractivity contribution in [3.8, 4) is 0 Å². The molecular formula is C9H5LiN2O2. The van der Waals surface area contributed by atoms with E-state index in [-0.39, 0.29) is 42.3 Å². The van der Waals surface area contributed by atoms with Gasteiger partial charge in [-0.25, -0.2) is 0 Å². The third kappa shape index (κ3) is 1.92. The van der Waals surface area contributed by atoms with E-state index in [0.717, 1.165) is 0 Å². The number of hydrogen-bond donors (Lipinski definition) is 0. The molecular weight excluding hydrogens is 175 g/mol. The van der Waals surface area contributed by atoms with Gasteiger partial charge in [0.1, 0.15) is 0 Å². The number of aromatic nitrogens is 2. The first-order chi connectivity index (χ1) is 7.08. The Morgan fingerprint density at radius 2 is 1.93 bits per heavy atom. The van der Waals surface area contributed by atoms with E-state index >= 15 is 0 Å². The van der Waals surface area contributed by atoms with Gasteiger partial charge in [0, 0.05) is 12.3 Å². The number of carboxylic acids is 1. The summed E-state index contributed by atoms with van der Waals surface area (Å²) in [7, 11) is 0. The molecule has 1 aromatic heterocycles. The van der Waals surface area contributed by atoms with Crippen LogP contribution in [0.25, 0.3) is 11.0 Å². The Morgan fingerprint density at radius 3 is 2.57 bits per heavy atom. The largest absolute Gasteiger partial charge is 1.00 e. The van der Waals surface area contributed by atoms with Gasteiger partial charge in [-0.05, 0) is 17.7 Å². The molecule has 0 saturated carbocycles. The summed E-state index contributed by atoms with van der Waals surface area (Å²) in [6, 6.07) is 4.04. The first-order valence-electron chi connectivity index (χ1n) is 4.54. The van der Waals surface area contributed by atoms with Crippen LogP contribution < -0.4 is 24.0 Å². The molecule has 0 radical (unpaired) electrons. The van der Waals surface area contributed by atoms with Gasteiger partial charge < -0.3 is 9.90 Å². The van der Waals surface area contributed by atoms with E-state index in [2.05, 4.69) is 9.97 Å². The fraction of sp³-hybridized carbons (Fsp3) is 0. The zero-order valence-electron chi connectivity index (χ0n) is 9.44. The molecule has 0 N–H and O–H groups in total. The van der Waals surface area contributed by atoms with Crippen LogP contribution in [0.4, 0.5) is 0 Å². The molecule has 64 valence electrons. The van der Waals surface area contributed by atoms with E-state index in [9.17, 15) is 9.90 Å². The van der Waals surface area contributed by atoms with E-state index in [0.29, 0.717) is 5.52 Å². The summed E-state index contributed by atoms with van der Waals surface area (Å²) >= 11 is 0. The molecule has 4 nitrogen and oxygen atoms in total. The predicted octanol–water partition coefficient (Wildman–Crippen LogP) is -3.00. The van der Waals surface area contributed by atoms with Gasteiger partial charge in [0.15, 0.2) is 0 Å². The quantitative estimate of drug-likeness (QED) is 0.441. The Kier molecular flexibility index (Phi) is 2.41. The fourth-order valence-electron chi connectivity index (χ4n) is 1.00. The van der Waals surface area contributed by atoms with Crippen molar-refractivity contribution in [2.75, 3.05) is 0 Å². The zero-order valence-corrected chi connectivity index (χ0v) is 7.44. The van der Waals surface area contributed by atoms with Gasteiger partial charge in [-0.15, -0.1) is 0 Å². The molecule has 0 saturated heterocycles. The number of fused-ring (bicyclic) bond motifs is 1. The average molecular weight is 182 g/mol. The number of benzene rings is 1. The van der Waals surface area contributed by atoms with Crippen LogP contribution in [0, 0.1) is 0 Å². The second-order valence-corrected chi connectivity index (χ2v) is 2.44. The maximum atomic E-state index is 10.6. The van der Waals surface area contributed by atoms with Crippen LogP contribution in [0.2, 0.25) is 0 Å². The topological polar surface area (TPSA) is 65.9 Å². The molecule has 0 aliphatic carbocycles. The van der Waals surface area contributed by atoms with Crippen LogP contribution in [0.3, 0.4) is 0 Å². The molecule has 0 spiro atoms. The van der Waals surface area contributed by atoms with Crippen molar-refractivity contribution in [3.63, 3.8) is 0 Å². The molecule has 0 unspecified atom stereocenters. The molecule has 0 aliphatic rings. The van der Waals surface area contributed by atoms with Crippen molar-refractivity contribution in [1.29, 1.82) is 0 Å². The van der Waals surface area contributed by atoms with Crippen LogP contribution in [-0.4, -0.2) is 15.9 Å². The number of hydrogen-bond acceptors (Lipinski definition) is 4. The minimum atomic E-state index is -1.31. The molecule has 0 fully saturated rings. The molecule has 2 aromatic rings. The summed E-state index contributed by atoms with van der Waals surface area (Å²) in [5.74, 6) is -1.31. The van der Waals surface area contributed by atoms with Crippen molar-refractivity contribution < 1.29 is 31.5 Å². The number of carboxylic acid groups (broad SMARTS) is 1. The second kappa shape index (κ2) is 4.23. The first kappa shape index (κ1) is 7.98. The smallest absolute Gasteiger partial charge is 0.545 e. The maximum Gasteiger partial charge on any atom is 1.00 e. The minimum Gasteiger partial charge on any atom is -0.545 e. The van der Waals surface area contributed by atoms with Crippen molar-refractivity contribution in [2.24, 2.45) is 0 Å². The molecule has 0 atom stereocenters. The Labute approximate surface area is 95.0 Å². The summed E-state index contributed by atoms with van der Waals surface area (Å²) in [5.41, 5.74) is 0.646. The van der Waals surface area contributed by atoms with Crippen LogP contribution in [0.5, 0.6) is 0 Å². The summed E-state index contributed by atoms with van der Waals surface area (Å²) < 4.78 is 14.5. The molecule has 0 aliphatic heterocycles. The summed E-state index contributed by atoms with van der Waals surface area (Å²) in [4.78, 5) is 18.1. The van der Waals surface area contributed by atoms with Gasteiger partial charge in [0.2, 0.25) is 0 Å². The van der Waals surface area contributed by atoms with Gasteiger partial charge in [-0.3, -0.25) is 9.97 Å². The second-order valence-electron chi connectivity index (χ2n) is 2.44. The molecule has 0 amide bonds. The van der Waals surface area contributed by atoms with E-state index in [1.165, 1.54) is 18.2 Å². The Morgan fingerprint density at radius 1 is 1.29 bits per heavy atom. The number of carbonyl (C=O) groups is 1. The SMILES string of the molecule is [2H]c1nc2ccc(C(=O)[O-])cc2nc1[2H].[Li+]. The average Bonchev–Trinajstić information content (AvgIpc) is 2.19. The van der Waals surface area contributed by atoms with Crippen molar-refractivity contribution >= 4 is 17.0 Å². The monoisotopic (exact) mass is 182 g/mol. The zero-order chi connectivity index (χ0) is 11.0. The number of rotatable bonds is 1. The van der Waals surface area contributed by atoms with Gasteiger partial charge in [0.05, 0.1) is 19.7 Å². The van der Waals surface area contributed by atoms with Crippen molar-refractivity contribution in [1.82, 2.24) is 9.97 Å². The first-order valence-corrected chi connectivity index (χ1v) is 3.54. The summed E-state index contributed by atoms with van der Waals surface area (Å²) in [6.45, 7) is 0. The predicted molar refractivity (Wildman–Crippen MR) is 43.9 cm³/mol. The molecule has 1 aromatic carbocycles. The van der Waals surface area contributed by atoms with Crippen molar-refractivity contribution in [2.45, 2.75) is 0 Å². The number of nitrogens with zero attached hydrogens (tertiary/aromatic N) is 2. The van der Waals surface area contributed by atoms with E-state index in [1.54, 1.807) is 0 Å². The van der Waals surface area contributed by atoms with Crippen LogP contribution in [0.1, 0.15) is 13.1 Å². The third-order valence-corrected chi connectivity index (χ3v) is 1.61. The van der Waals surface area contributed by atoms with Gasteiger partial charge in [-0.1, -0.05) is 6.07 Å². The van der Waals surface area contributed by atoms with Gasteiger partial charge >= 0.3 is 18.9 Å². The van der Waals surface area contributed by atoms with Crippen LogP contribution in [-0.2, 0) is 0 Å². The molecule has 1 heterocycles. The third-order valence-electron chi connectivity index (χ3n) is 1.61. The normalized spacial score (nSPS) is 11.4. The Hall–Kier alpha value is -1.37. The van der Waals surface area contributed by atoms with E-state index < -0.39 is 5.97 Å². The maximum absolute atomic E-state index is 10.6. The molecule has 0 bridgehead atoms. The molecule has 14 heavy (non-hydrogen) atoms.